The molecule has 0 spiro atoms. The normalized spacial score (nSPS) is 17.5. The van der Waals surface area contributed by atoms with Gasteiger partial charge in [-0.3, -0.25) is 4.79 Å². The maximum absolute atomic E-state index is 12.7. The van der Waals surface area contributed by atoms with Gasteiger partial charge in [0.25, 0.3) is 5.89 Å². The number of fused-ring (bicyclic) bond motifs is 1. The largest absolute Gasteiger partial charge is 0.497 e. The molecule has 2 aliphatic heterocycles. The van der Waals surface area contributed by atoms with Crippen molar-refractivity contribution in [3.05, 3.63) is 42.2 Å². The van der Waals surface area contributed by atoms with Gasteiger partial charge >= 0.3 is 0 Å². The summed E-state index contributed by atoms with van der Waals surface area (Å²) in [6, 6.07) is 10.8. The summed E-state index contributed by atoms with van der Waals surface area (Å²) in [6.45, 7) is 0.629. The van der Waals surface area contributed by atoms with Gasteiger partial charge < -0.3 is 28.4 Å². The van der Waals surface area contributed by atoms with Gasteiger partial charge in [-0.25, -0.2) is 0 Å². The summed E-state index contributed by atoms with van der Waals surface area (Å²) < 4.78 is 26.8. The second-order valence-electron chi connectivity index (χ2n) is 6.97. The Morgan fingerprint density at radius 1 is 1.07 bits per heavy atom. The van der Waals surface area contributed by atoms with Gasteiger partial charge in [0, 0.05) is 30.5 Å². The van der Waals surface area contributed by atoms with Crippen molar-refractivity contribution >= 4 is 11.6 Å². The Morgan fingerprint density at radius 2 is 1.93 bits per heavy atom. The molecule has 1 atom stereocenters. The molecule has 154 valence electrons. The van der Waals surface area contributed by atoms with Crippen LogP contribution in [0, 0.1) is 0 Å². The number of carbonyl (C=O) groups is 1. The number of hydrogen-bond acceptors (Lipinski definition) is 8. The smallest absolute Gasteiger partial charge is 0.258 e. The van der Waals surface area contributed by atoms with Crippen molar-refractivity contribution in [2.75, 3.05) is 32.5 Å². The summed E-state index contributed by atoms with van der Waals surface area (Å²) >= 11 is 0. The van der Waals surface area contributed by atoms with Crippen molar-refractivity contribution in [1.82, 2.24) is 10.1 Å². The van der Waals surface area contributed by atoms with Crippen molar-refractivity contribution in [3.63, 3.8) is 0 Å². The van der Waals surface area contributed by atoms with Crippen LogP contribution in [0.4, 0.5) is 5.69 Å². The fourth-order valence-corrected chi connectivity index (χ4v) is 3.67. The molecule has 1 fully saturated rings. The monoisotopic (exact) mass is 409 g/mol. The molecule has 9 heteroatoms. The number of hydrogen-bond donors (Lipinski definition) is 0. The Morgan fingerprint density at radius 3 is 2.77 bits per heavy atom. The van der Waals surface area contributed by atoms with Crippen molar-refractivity contribution < 1.29 is 28.3 Å². The van der Waals surface area contributed by atoms with Gasteiger partial charge in [-0.1, -0.05) is 5.16 Å². The van der Waals surface area contributed by atoms with E-state index in [0.717, 1.165) is 5.56 Å². The van der Waals surface area contributed by atoms with Crippen molar-refractivity contribution in [2.24, 2.45) is 0 Å². The summed E-state index contributed by atoms with van der Waals surface area (Å²) in [4.78, 5) is 18.9. The number of aromatic nitrogens is 2. The van der Waals surface area contributed by atoms with Gasteiger partial charge in [0.15, 0.2) is 17.3 Å². The minimum Gasteiger partial charge on any atom is -0.497 e. The van der Waals surface area contributed by atoms with Gasteiger partial charge in [-0.2, -0.15) is 4.98 Å². The topological polar surface area (TPSA) is 96.2 Å². The van der Waals surface area contributed by atoms with E-state index in [9.17, 15) is 4.79 Å². The third-order valence-electron chi connectivity index (χ3n) is 5.23. The Balaban J connectivity index is 1.38. The van der Waals surface area contributed by atoms with Gasteiger partial charge in [0.05, 0.1) is 19.9 Å². The predicted octanol–water partition coefficient (Wildman–Crippen LogP) is 3.00. The fourth-order valence-electron chi connectivity index (χ4n) is 3.67. The van der Waals surface area contributed by atoms with E-state index >= 15 is 0 Å². The van der Waals surface area contributed by atoms with E-state index < -0.39 is 0 Å². The molecule has 2 aliphatic rings. The number of methoxy groups -OCH3 is 2. The fraction of sp³-hybridized carbons (Fsp3) is 0.286. The van der Waals surface area contributed by atoms with Crippen LogP contribution in [-0.2, 0) is 4.79 Å². The highest BCUT2D eigenvalue weighted by Gasteiger charge is 2.36. The molecular formula is C21H19N3O6. The molecule has 1 aromatic heterocycles. The molecule has 0 radical (unpaired) electrons. The van der Waals surface area contributed by atoms with Crippen LogP contribution in [0.15, 0.2) is 40.9 Å². The Hall–Kier alpha value is -3.75. The number of anilines is 1. The molecule has 2 aromatic carbocycles. The molecule has 30 heavy (non-hydrogen) atoms. The molecule has 3 aromatic rings. The van der Waals surface area contributed by atoms with Gasteiger partial charge in [-0.15, -0.1) is 0 Å². The van der Waals surface area contributed by atoms with E-state index in [0.29, 0.717) is 46.9 Å². The van der Waals surface area contributed by atoms with Crippen LogP contribution in [0.2, 0.25) is 0 Å². The lowest BCUT2D eigenvalue weighted by Crippen LogP contribution is -2.24. The second kappa shape index (κ2) is 7.25. The Bertz CT molecular complexity index is 1110. The van der Waals surface area contributed by atoms with Crippen LogP contribution in [0.5, 0.6) is 23.0 Å². The molecule has 0 bridgehead atoms. The highest BCUT2D eigenvalue weighted by molar-refractivity contribution is 5.97. The third-order valence-corrected chi connectivity index (χ3v) is 5.23. The average Bonchev–Trinajstić information content (AvgIpc) is 3.51. The standard InChI is InChI=1S/C21H19N3O6/c1-26-14-4-5-15(17(9-14)27-2)24-10-13(8-19(24)25)20-22-21(30-23-20)12-3-6-16-18(7-12)29-11-28-16/h3-7,9,13H,8,10-11H2,1-2H3. The lowest BCUT2D eigenvalue weighted by atomic mass is 10.1. The Labute approximate surface area is 172 Å². The molecule has 1 unspecified atom stereocenters. The van der Waals surface area contributed by atoms with E-state index in [-0.39, 0.29) is 25.0 Å². The number of ether oxygens (including phenoxy) is 4. The predicted molar refractivity (Wildman–Crippen MR) is 105 cm³/mol. The van der Waals surface area contributed by atoms with E-state index in [1.165, 1.54) is 0 Å². The second-order valence-corrected chi connectivity index (χ2v) is 6.97. The van der Waals surface area contributed by atoms with Crippen molar-refractivity contribution in [2.45, 2.75) is 12.3 Å². The number of benzene rings is 2. The van der Waals surface area contributed by atoms with Gasteiger partial charge in [-0.05, 0) is 30.3 Å². The van der Waals surface area contributed by atoms with E-state index in [4.69, 9.17) is 23.5 Å². The van der Waals surface area contributed by atoms with Crippen LogP contribution in [0.25, 0.3) is 11.5 Å². The van der Waals surface area contributed by atoms with Crippen molar-refractivity contribution in [1.29, 1.82) is 0 Å². The molecule has 1 amide bonds. The third kappa shape index (κ3) is 3.08. The number of rotatable bonds is 5. The summed E-state index contributed by atoms with van der Waals surface area (Å²) in [5, 5.41) is 4.11. The highest BCUT2D eigenvalue weighted by Crippen LogP contribution is 2.39. The quantitative estimate of drug-likeness (QED) is 0.635. The molecular weight excluding hydrogens is 390 g/mol. The first-order chi connectivity index (χ1) is 14.7. The van der Waals surface area contributed by atoms with E-state index in [1.54, 1.807) is 43.4 Å². The maximum Gasteiger partial charge on any atom is 0.258 e. The minimum absolute atomic E-state index is 0.0297. The molecule has 0 saturated carbocycles. The molecule has 1 saturated heterocycles. The van der Waals surface area contributed by atoms with Crippen LogP contribution >= 0.6 is 0 Å². The van der Waals surface area contributed by atoms with E-state index in [1.807, 2.05) is 12.1 Å². The molecule has 0 N–H and O–H groups in total. The summed E-state index contributed by atoms with van der Waals surface area (Å²) in [5.74, 6) is 3.20. The first kappa shape index (κ1) is 18.3. The first-order valence-corrected chi connectivity index (χ1v) is 9.42. The molecule has 3 heterocycles. The van der Waals surface area contributed by atoms with Crippen LogP contribution in [0.1, 0.15) is 18.2 Å². The van der Waals surface area contributed by atoms with Crippen LogP contribution < -0.4 is 23.8 Å². The zero-order valence-electron chi connectivity index (χ0n) is 16.5. The minimum atomic E-state index is -0.184. The molecule has 5 rings (SSSR count). The maximum atomic E-state index is 12.7. The number of carbonyl (C=O) groups excluding carboxylic acids is 1. The summed E-state index contributed by atoms with van der Waals surface area (Å²) in [6.07, 6.45) is 0.287. The molecule has 9 nitrogen and oxygen atoms in total. The zero-order valence-corrected chi connectivity index (χ0v) is 16.5. The van der Waals surface area contributed by atoms with Crippen LogP contribution in [0.3, 0.4) is 0 Å². The lowest BCUT2D eigenvalue weighted by molar-refractivity contribution is -0.117. The lowest BCUT2D eigenvalue weighted by Gasteiger charge is -2.19. The van der Waals surface area contributed by atoms with Gasteiger partial charge in [0.2, 0.25) is 12.7 Å². The number of nitrogens with zero attached hydrogens (tertiary/aromatic N) is 3. The van der Waals surface area contributed by atoms with E-state index in [2.05, 4.69) is 10.1 Å². The number of amides is 1. The summed E-state index contributed by atoms with van der Waals surface area (Å²) in [5.41, 5.74) is 1.42. The highest BCUT2D eigenvalue weighted by atomic mass is 16.7. The van der Waals surface area contributed by atoms with Crippen molar-refractivity contribution in [3.8, 4) is 34.5 Å². The Kier molecular flexibility index (Phi) is 4.42. The zero-order chi connectivity index (χ0) is 20.7. The van der Waals surface area contributed by atoms with Crippen LogP contribution in [-0.4, -0.2) is 43.6 Å². The molecule has 0 aliphatic carbocycles. The first-order valence-electron chi connectivity index (χ1n) is 9.42. The average molecular weight is 409 g/mol. The summed E-state index contributed by atoms with van der Waals surface area (Å²) in [7, 11) is 3.15. The van der Waals surface area contributed by atoms with Gasteiger partial charge in [0.1, 0.15) is 11.5 Å². The SMILES string of the molecule is COc1ccc(N2CC(c3noc(-c4ccc5c(c4)OCO5)n3)CC2=O)c(OC)c1.